The zero-order chi connectivity index (χ0) is 8.97. The quantitative estimate of drug-likeness (QED) is 0.454. The Balaban J connectivity index is 1.95. The lowest BCUT2D eigenvalue weighted by molar-refractivity contribution is -0.144. The first-order valence-corrected chi connectivity index (χ1v) is 4.56. The zero-order valence-corrected chi connectivity index (χ0v) is 7.88. The van der Waals surface area contributed by atoms with E-state index >= 15 is 0 Å². The Kier molecular flexibility index (Phi) is 3.53. The van der Waals surface area contributed by atoms with Crippen LogP contribution < -0.4 is 0 Å². The second kappa shape index (κ2) is 4.45. The van der Waals surface area contributed by atoms with Crippen molar-refractivity contribution in [2.75, 3.05) is 26.2 Å². The number of carbonyl (C=O) groups excluding carboxylic acids is 1. The average molecular weight is 171 g/mol. The molecule has 70 valence electrons. The van der Waals surface area contributed by atoms with Crippen LogP contribution in [-0.2, 0) is 9.53 Å². The first-order chi connectivity index (χ1) is 5.68. The van der Waals surface area contributed by atoms with Crippen molar-refractivity contribution in [2.45, 2.75) is 20.3 Å². The van der Waals surface area contributed by atoms with E-state index in [1.165, 1.54) is 0 Å². The molecule has 0 aromatic heterocycles. The maximum absolute atomic E-state index is 11.0. The van der Waals surface area contributed by atoms with E-state index in [1.807, 2.05) is 13.8 Å². The lowest BCUT2D eigenvalue weighted by Gasteiger charge is -2.06. The van der Waals surface area contributed by atoms with Gasteiger partial charge in [-0.3, -0.25) is 4.79 Å². The lowest BCUT2D eigenvalue weighted by Crippen LogP contribution is -2.13. The van der Waals surface area contributed by atoms with E-state index < -0.39 is 0 Å². The smallest absolute Gasteiger partial charge is 0.307 e. The van der Waals surface area contributed by atoms with Crippen molar-refractivity contribution in [3.05, 3.63) is 0 Å². The van der Waals surface area contributed by atoms with Crippen LogP contribution in [0.15, 0.2) is 0 Å². The van der Waals surface area contributed by atoms with Gasteiger partial charge in [0, 0.05) is 19.6 Å². The van der Waals surface area contributed by atoms with Gasteiger partial charge in [0.1, 0.15) is 0 Å². The summed E-state index contributed by atoms with van der Waals surface area (Å²) in [6.07, 6.45) is 0.548. The lowest BCUT2D eigenvalue weighted by atomic mass is 10.2. The summed E-state index contributed by atoms with van der Waals surface area (Å²) in [5, 5.41) is 0. The number of rotatable bonds is 5. The topological polar surface area (TPSA) is 29.3 Å². The fourth-order valence-electron chi connectivity index (χ4n) is 0.876. The van der Waals surface area contributed by atoms with Crippen molar-refractivity contribution in [1.82, 2.24) is 4.90 Å². The Hall–Kier alpha value is -0.570. The third-order valence-corrected chi connectivity index (χ3v) is 1.75. The monoisotopic (exact) mass is 171 g/mol. The molecule has 0 saturated carbocycles. The zero-order valence-electron chi connectivity index (χ0n) is 7.88. The maximum atomic E-state index is 11.0. The third-order valence-electron chi connectivity index (χ3n) is 1.75. The minimum absolute atomic E-state index is 0.0596. The molecule has 0 unspecified atom stereocenters. The van der Waals surface area contributed by atoms with Gasteiger partial charge in [-0.1, -0.05) is 13.8 Å². The number of nitrogens with zero attached hydrogens (tertiary/aromatic N) is 1. The highest BCUT2D eigenvalue weighted by Gasteiger charge is 2.18. The summed E-state index contributed by atoms with van der Waals surface area (Å²) in [6, 6.07) is 0. The largest absolute Gasteiger partial charge is 0.465 e. The molecular weight excluding hydrogens is 154 g/mol. The Bertz CT molecular complexity index is 145. The molecule has 0 amide bonds. The summed E-state index contributed by atoms with van der Waals surface area (Å²) in [5.74, 6) is 0.380. The molecule has 0 bridgehead atoms. The van der Waals surface area contributed by atoms with Crippen molar-refractivity contribution < 1.29 is 9.53 Å². The van der Waals surface area contributed by atoms with E-state index in [0.717, 1.165) is 19.6 Å². The molecule has 0 radical (unpaired) electrons. The molecule has 0 N–H and O–H groups in total. The molecule has 3 nitrogen and oxygen atoms in total. The first kappa shape index (κ1) is 9.52. The van der Waals surface area contributed by atoms with Crippen molar-refractivity contribution in [2.24, 2.45) is 5.92 Å². The van der Waals surface area contributed by atoms with Gasteiger partial charge in [0.05, 0.1) is 13.0 Å². The molecule has 3 heteroatoms. The molecule has 1 saturated heterocycles. The van der Waals surface area contributed by atoms with E-state index in [2.05, 4.69) is 4.90 Å². The summed E-state index contributed by atoms with van der Waals surface area (Å²) in [4.78, 5) is 13.2. The van der Waals surface area contributed by atoms with E-state index in [1.54, 1.807) is 0 Å². The van der Waals surface area contributed by atoms with Crippen molar-refractivity contribution in [1.29, 1.82) is 0 Å². The molecule has 1 aliphatic rings. The van der Waals surface area contributed by atoms with Crippen LogP contribution in [0.25, 0.3) is 0 Å². The minimum Gasteiger partial charge on any atom is -0.465 e. The molecule has 1 rings (SSSR count). The van der Waals surface area contributed by atoms with Gasteiger partial charge in [0.25, 0.3) is 0 Å². The number of ether oxygens (including phenoxy) is 1. The Labute approximate surface area is 73.7 Å². The van der Waals surface area contributed by atoms with Gasteiger partial charge in [0.15, 0.2) is 0 Å². The predicted octanol–water partition coefficient (Wildman–Crippen LogP) is 0.891. The summed E-state index contributed by atoms with van der Waals surface area (Å²) in [5.41, 5.74) is 0. The van der Waals surface area contributed by atoms with E-state index in [0.29, 0.717) is 18.9 Å². The molecule has 0 aromatic rings. The van der Waals surface area contributed by atoms with Crippen molar-refractivity contribution >= 4 is 5.97 Å². The molecule has 0 spiro atoms. The van der Waals surface area contributed by atoms with Crippen LogP contribution in [0.4, 0.5) is 0 Å². The van der Waals surface area contributed by atoms with Crippen LogP contribution in [0.2, 0.25) is 0 Å². The Morgan fingerprint density at radius 2 is 2.17 bits per heavy atom. The van der Waals surface area contributed by atoms with E-state index in [4.69, 9.17) is 4.74 Å². The Morgan fingerprint density at radius 1 is 1.50 bits per heavy atom. The van der Waals surface area contributed by atoms with Crippen LogP contribution in [0.1, 0.15) is 20.3 Å². The summed E-state index contributed by atoms with van der Waals surface area (Å²) < 4.78 is 5.02. The van der Waals surface area contributed by atoms with Crippen LogP contribution >= 0.6 is 0 Å². The van der Waals surface area contributed by atoms with Gasteiger partial charge in [-0.25, -0.2) is 0 Å². The number of carbonyl (C=O) groups is 1. The van der Waals surface area contributed by atoms with Gasteiger partial charge in [-0.05, 0) is 5.92 Å². The van der Waals surface area contributed by atoms with Crippen molar-refractivity contribution in [3.8, 4) is 0 Å². The van der Waals surface area contributed by atoms with Crippen LogP contribution in [0, 0.1) is 5.92 Å². The normalized spacial score (nSPS) is 16.6. The highest BCUT2D eigenvalue weighted by molar-refractivity contribution is 5.69. The highest BCUT2D eigenvalue weighted by atomic mass is 16.5. The predicted molar refractivity (Wildman–Crippen MR) is 46.9 cm³/mol. The number of hydrogen-bond acceptors (Lipinski definition) is 3. The molecule has 0 atom stereocenters. The second-order valence-electron chi connectivity index (χ2n) is 3.67. The van der Waals surface area contributed by atoms with Crippen LogP contribution in [0.5, 0.6) is 0 Å². The van der Waals surface area contributed by atoms with Gasteiger partial charge >= 0.3 is 5.97 Å². The summed E-state index contributed by atoms with van der Waals surface area (Å²) >= 11 is 0. The van der Waals surface area contributed by atoms with Crippen LogP contribution in [0.3, 0.4) is 0 Å². The molecule has 1 heterocycles. The van der Waals surface area contributed by atoms with E-state index in [-0.39, 0.29) is 5.97 Å². The molecule has 12 heavy (non-hydrogen) atoms. The molecule has 0 aliphatic carbocycles. The summed E-state index contributed by atoms with van der Waals surface area (Å²) in [6.45, 7) is 7.81. The number of hydrogen-bond donors (Lipinski definition) is 0. The number of esters is 1. The van der Waals surface area contributed by atoms with Gasteiger partial charge < -0.3 is 9.64 Å². The van der Waals surface area contributed by atoms with E-state index in [9.17, 15) is 4.79 Å². The SMILES string of the molecule is CC(C)COC(=O)CCN1CC1. The molecule has 1 fully saturated rings. The minimum atomic E-state index is -0.0596. The maximum Gasteiger partial charge on any atom is 0.307 e. The molecular formula is C9H17NO2. The standard InChI is InChI=1S/C9H17NO2/c1-8(2)7-12-9(11)3-4-10-5-6-10/h8H,3-7H2,1-2H3. The third kappa shape index (κ3) is 4.34. The first-order valence-electron chi connectivity index (χ1n) is 4.56. The molecule has 0 aromatic carbocycles. The molecule has 1 aliphatic heterocycles. The fourth-order valence-corrected chi connectivity index (χ4v) is 0.876. The van der Waals surface area contributed by atoms with Gasteiger partial charge in [-0.2, -0.15) is 0 Å². The second-order valence-corrected chi connectivity index (χ2v) is 3.67. The van der Waals surface area contributed by atoms with Crippen molar-refractivity contribution in [3.63, 3.8) is 0 Å². The van der Waals surface area contributed by atoms with Gasteiger partial charge in [0.2, 0.25) is 0 Å². The summed E-state index contributed by atoms with van der Waals surface area (Å²) in [7, 11) is 0. The Morgan fingerprint density at radius 3 is 2.67 bits per heavy atom. The highest BCUT2D eigenvalue weighted by Crippen LogP contribution is 2.04. The average Bonchev–Trinajstić information content (AvgIpc) is 2.80. The fraction of sp³-hybridized carbons (Fsp3) is 0.889. The van der Waals surface area contributed by atoms with Gasteiger partial charge in [-0.15, -0.1) is 0 Å². The van der Waals surface area contributed by atoms with Crippen LogP contribution in [-0.4, -0.2) is 37.1 Å².